The fourth-order valence-corrected chi connectivity index (χ4v) is 5.06. The van der Waals surface area contributed by atoms with Crippen molar-refractivity contribution < 1.29 is 27.1 Å². The van der Waals surface area contributed by atoms with Crippen LogP contribution in [-0.4, -0.2) is 43.2 Å². The molecule has 9 nitrogen and oxygen atoms in total. The molecule has 0 N–H and O–H groups in total. The molecule has 0 atom stereocenters. The molecular weight excluding hydrogens is 483 g/mol. The number of nitro groups is 1. The Morgan fingerprint density at radius 1 is 1.00 bits per heavy atom. The van der Waals surface area contributed by atoms with E-state index in [-0.39, 0.29) is 31.8 Å². The van der Waals surface area contributed by atoms with Gasteiger partial charge < -0.3 is 0 Å². The number of nitrogens with zero attached hydrogens (tertiary/aromatic N) is 2. The summed E-state index contributed by atoms with van der Waals surface area (Å²) in [5.41, 5.74) is -0.153. The van der Waals surface area contributed by atoms with Crippen LogP contribution in [0.25, 0.3) is 10.8 Å². The van der Waals surface area contributed by atoms with E-state index in [2.05, 4.69) is 0 Å². The lowest BCUT2D eigenvalue weighted by Crippen LogP contribution is -2.42. The summed E-state index contributed by atoms with van der Waals surface area (Å²) in [4.78, 5) is 36.9. The van der Waals surface area contributed by atoms with E-state index in [1.54, 1.807) is 12.1 Å². The fourth-order valence-electron chi connectivity index (χ4n) is 3.42. The van der Waals surface area contributed by atoms with Gasteiger partial charge in [0.2, 0.25) is 0 Å². The molecular formula is C20H12Cl2N2O7S. The number of carbonyl (C=O) groups excluding carboxylic acids is 2. The second kappa shape index (κ2) is 8.14. The van der Waals surface area contributed by atoms with E-state index in [4.69, 9.17) is 27.4 Å². The topological polar surface area (TPSA) is 124 Å². The predicted molar refractivity (Wildman–Crippen MR) is 116 cm³/mol. The minimum atomic E-state index is -4.32. The van der Waals surface area contributed by atoms with Crippen LogP contribution in [0.4, 0.5) is 5.69 Å². The smallest absolute Gasteiger partial charge is 0.272 e. The number of rotatable bonds is 6. The summed E-state index contributed by atoms with van der Waals surface area (Å²) in [6.07, 6.45) is 0. The Hall–Kier alpha value is -3.05. The molecule has 32 heavy (non-hydrogen) atoms. The van der Waals surface area contributed by atoms with Crippen LogP contribution in [0.2, 0.25) is 10.0 Å². The molecule has 0 aliphatic carbocycles. The van der Waals surface area contributed by atoms with Crippen molar-refractivity contribution in [2.24, 2.45) is 0 Å². The summed E-state index contributed by atoms with van der Waals surface area (Å²) < 4.78 is 29.9. The van der Waals surface area contributed by atoms with Crippen LogP contribution in [0.1, 0.15) is 20.7 Å². The molecule has 3 aromatic carbocycles. The summed E-state index contributed by atoms with van der Waals surface area (Å²) in [5.74, 6) is -1.45. The van der Waals surface area contributed by atoms with Crippen molar-refractivity contribution >= 4 is 61.6 Å². The molecule has 0 radical (unpaired) electrons. The summed E-state index contributed by atoms with van der Waals surface area (Å²) in [5, 5.41) is 12.0. The van der Waals surface area contributed by atoms with Gasteiger partial charge >= 0.3 is 0 Å². The molecule has 0 aromatic heterocycles. The van der Waals surface area contributed by atoms with Crippen molar-refractivity contribution in [1.29, 1.82) is 0 Å². The molecule has 0 saturated heterocycles. The second-order valence-corrected chi connectivity index (χ2v) is 9.19. The molecule has 1 heterocycles. The van der Waals surface area contributed by atoms with E-state index in [1.165, 1.54) is 24.3 Å². The van der Waals surface area contributed by atoms with Crippen LogP contribution >= 0.6 is 23.2 Å². The Kier molecular flexibility index (Phi) is 5.63. The molecule has 0 bridgehead atoms. The van der Waals surface area contributed by atoms with Gasteiger partial charge in [-0.1, -0.05) is 35.3 Å². The lowest BCUT2D eigenvalue weighted by Gasteiger charge is -2.26. The highest BCUT2D eigenvalue weighted by Gasteiger charge is 2.34. The molecule has 1 aliphatic rings. The number of non-ortho nitro benzene ring substituents is 1. The highest BCUT2D eigenvalue weighted by Crippen LogP contribution is 2.33. The third-order valence-electron chi connectivity index (χ3n) is 4.84. The highest BCUT2D eigenvalue weighted by atomic mass is 35.5. The summed E-state index contributed by atoms with van der Waals surface area (Å²) in [6, 6.07) is 10.8. The number of nitro benzene ring substituents is 1. The molecule has 1 aliphatic heterocycles. The number of carbonyl (C=O) groups is 2. The minimum Gasteiger partial charge on any atom is -0.272 e. The van der Waals surface area contributed by atoms with Crippen molar-refractivity contribution in [3.63, 3.8) is 0 Å². The minimum absolute atomic E-state index is 0.0230. The van der Waals surface area contributed by atoms with Crippen LogP contribution in [0.15, 0.2) is 53.4 Å². The molecule has 0 saturated carbocycles. The Bertz CT molecular complexity index is 1420. The van der Waals surface area contributed by atoms with E-state index < -0.39 is 40.0 Å². The standard InChI is InChI=1S/C20H12Cl2N2O7S/c21-12-4-5-16(22)17(9-12)32(29,30)31-7-6-23-19(25)14-3-1-2-11-8-13(24(27)28)10-15(18(11)14)20(23)26/h1-5,8-10H,6-7H2. The molecule has 0 spiro atoms. The van der Waals surface area contributed by atoms with Crippen LogP contribution in [0.5, 0.6) is 0 Å². The zero-order chi connectivity index (χ0) is 23.2. The quantitative estimate of drug-likeness (QED) is 0.219. The molecule has 0 fully saturated rings. The maximum atomic E-state index is 13.0. The molecule has 2 amide bonds. The van der Waals surface area contributed by atoms with Crippen LogP contribution in [-0.2, 0) is 14.3 Å². The van der Waals surface area contributed by atoms with E-state index in [1.807, 2.05) is 0 Å². The van der Waals surface area contributed by atoms with Crippen molar-refractivity contribution in [3.8, 4) is 0 Å². The van der Waals surface area contributed by atoms with Crippen molar-refractivity contribution in [2.45, 2.75) is 4.90 Å². The SMILES string of the molecule is O=C1c2cccc3cc([N+](=O)[O-])cc(c23)C(=O)N1CCOS(=O)(=O)c1cc(Cl)ccc1Cl. The first-order chi connectivity index (χ1) is 15.1. The third kappa shape index (κ3) is 3.82. The zero-order valence-corrected chi connectivity index (χ0v) is 18.3. The van der Waals surface area contributed by atoms with Gasteiger partial charge in [-0.3, -0.25) is 28.8 Å². The average Bonchev–Trinajstić information content (AvgIpc) is 2.75. The maximum Gasteiger partial charge on any atom is 0.298 e. The highest BCUT2D eigenvalue weighted by molar-refractivity contribution is 7.86. The van der Waals surface area contributed by atoms with Gasteiger partial charge in [-0.2, -0.15) is 8.42 Å². The molecule has 4 rings (SSSR count). The van der Waals surface area contributed by atoms with E-state index in [9.17, 15) is 28.1 Å². The molecule has 12 heteroatoms. The summed E-state index contributed by atoms with van der Waals surface area (Å²) in [7, 11) is -4.32. The third-order valence-corrected chi connectivity index (χ3v) is 6.87. The lowest BCUT2D eigenvalue weighted by molar-refractivity contribution is -0.384. The van der Waals surface area contributed by atoms with Crippen LogP contribution in [0, 0.1) is 10.1 Å². The van der Waals surface area contributed by atoms with Gasteiger partial charge in [0.1, 0.15) is 4.90 Å². The van der Waals surface area contributed by atoms with Gasteiger partial charge in [0.05, 0.1) is 28.7 Å². The van der Waals surface area contributed by atoms with Gasteiger partial charge in [0.25, 0.3) is 27.6 Å². The van der Waals surface area contributed by atoms with Gasteiger partial charge in [-0.15, -0.1) is 0 Å². The normalized spacial score (nSPS) is 13.6. The first kappa shape index (κ1) is 22.2. The van der Waals surface area contributed by atoms with E-state index in [0.717, 1.165) is 17.0 Å². The van der Waals surface area contributed by atoms with E-state index in [0.29, 0.717) is 10.8 Å². The lowest BCUT2D eigenvalue weighted by atomic mass is 9.93. The van der Waals surface area contributed by atoms with Crippen LogP contribution in [0.3, 0.4) is 0 Å². The van der Waals surface area contributed by atoms with Crippen molar-refractivity contribution in [1.82, 2.24) is 4.90 Å². The number of hydrogen-bond acceptors (Lipinski definition) is 7. The first-order valence-electron chi connectivity index (χ1n) is 9.02. The van der Waals surface area contributed by atoms with Gasteiger partial charge in [-0.25, -0.2) is 0 Å². The second-order valence-electron chi connectivity index (χ2n) is 6.77. The Morgan fingerprint density at radius 3 is 2.44 bits per heavy atom. The van der Waals surface area contributed by atoms with Gasteiger partial charge in [-0.05, 0) is 29.7 Å². The number of benzene rings is 3. The molecule has 164 valence electrons. The fraction of sp³-hybridized carbons (Fsp3) is 0.100. The molecule has 3 aromatic rings. The Balaban J connectivity index is 1.62. The van der Waals surface area contributed by atoms with Gasteiger partial charge in [0.15, 0.2) is 0 Å². The van der Waals surface area contributed by atoms with Gasteiger partial charge in [0, 0.05) is 28.1 Å². The van der Waals surface area contributed by atoms with Crippen molar-refractivity contribution in [2.75, 3.05) is 13.2 Å². The monoisotopic (exact) mass is 494 g/mol. The maximum absolute atomic E-state index is 13.0. The zero-order valence-electron chi connectivity index (χ0n) is 15.9. The number of halogens is 2. The number of imide groups is 1. The summed E-state index contributed by atoms with van der Waals surface area (Å²) in [6.45, 7) is -0.962. The Morgan fingerprint density at radius 2 is 1.72 bits per heavy atom. The van der Waals surface area contributed by atoms with Crippen molar-refractivity contribution in [3.05, 3.63) is 79.8 Å². The Labute approximate surface area is 191 Å². The summed E-state index contributed by atoms with van der Waals surface area (Å²) >= 11 is 11.7. The predicted octanol–water partition coefficient (Wildman–Crippen LogP) is 4.06. The first-order valence-corrected chi connectivity index (χ1v) is 11.2. The van der Waals surface area contributed by atoms with E-state index >= 15 is 0 Å². The average molecular weight is 495 g/mol. The molecule has 0 unspecified atom stereocenters. The van der Waals surface area contributed by atoms with Crippen LogP contribution < -0.4 is 0 Å². The number of amides is 2. The number of hydrogen-bond donors (Lipinski definition) is 0. The largest absolute Gasteiger partial charge is 0.298 e.